The van der Waals surface area contributed by atoms with Crippen molar-refractivity contribution in [1.82, 2.24) is 0 Å². The van der Waals surface area contributed by atoms with Crippen LogP contribution in [0.15, 0.2) is 12.3 Å². The highest BCUT2D eigenvalue weighted by Gasteiger charge is 2.12. The Morgan fingerprint density at radius 2 is 2.20 bits per heavy atom. The minimum absolute atomic E-state index is 0.0191. The van der Waals surface area contributed by atoms with Crippen molar-refractivity contribution in [3.8, 4) is 0 Å². The fraction of sp³-hybridized carbons (Fsp3) is 0.846. The Hall–Kier alpha value is -0.500. The second-order valence-corrected chi connectivity index (χ2v) is 4.15. The lowest BCUT2D eigenvalue weighted by molar-refractivity contribution is -0.129. The predicted octanol–water partition coefficient (Wildman–Crippen LogP) is 4.01. The van der Waals surface area contributed by atoms with Crippen molar-refractivity contribution in [1.29, 1.82) is 0 Å². The first-order valence-corrected chi connectivity index (χ1v) is 6.35. The summed E-state index contributed by atoms with van der Waals surface area (Å²) in [5, 5.41) is 0. The van der Waals surface area contributed by atoms with E-state index in [0.717, 1.165) is 19.4 Å². The van der Waals surface area contributed by atoms with Crippen LogP contribution in [0.3, 0.4) is 0 Å². The number of unbranched alkanes of at least 4 members (excludes halogenated alkanes) is 4. The molecule has 1 aliphatic heterocycles. The van der Waals surface area contributed by atoms with Crippen LogP contribution in [0.5, 0.6) is 0 Å². The van der Waals surface area contributed by atoms with E-state index in [0.29, 0.717) is 0 Å². The van der Waals surface area contributed by atoms with Gasteiger partial charge in [-0.1, -0.05) is 26.2 Å². The van der Waals surface area contributed by atoms with Crippen LogP contribution in [0.25, 0.3) is 0 Å². The monoisotopic (exact) mass is 212 g/mol. The molecule has 1 rings (SSSR count). The van der Waals surface area contributed by atoms with E-state index in [1.54, 1.807) is 0 Å². The molecular weight excluding hydrogens is 188 g/mol. The smallest absolute Gasteiger partial charge is 0.198 e. The van der Waals surface area contributed by atoms with Crippen molar-refractivity contribution in [3.05, 3.63) is 12.3 Å². The van der Waals surface area contributed by atoms with Crippen LogP contribution in [0, 0.1) is 0 Å². The Kier molecular flexibility index (Phi) is 7.36. The van der Waals surface area contributed by atoms with Crippen LogP contribution < -0.4 is 0 Å². The molecule has 1 unspecified atom stereocenters. The molecule has 0 saturated carbocycles. The molecule has 0 radical (unpaired) electrons. The molecule has 0 N–H and O–H groups in total. The Labute approximate surface area is 93.7 Å². The van der Waals surface area contributed by atoms with Crippen molar-refractivity contribution in [2.75, 3.05) is 6.61 Å². The number of hydrogen-bond acceptors (Lipinski definition) is 2. The molecule has 1 saturated heterocycles. The molecule has 2 heteroatoms. The maximum Gasteiger partial charge on any atom is 0.198 e. The maximum atomic E-state index is 5.49. The van der Waals surface area contributed by atoms with Crippen LogP contribution in [0.2, 0.25) is 0 Å². The van der Waals surface area contributed by atoms with Crippen molar-refractivity contribution in [2.45, 2.75) is 64.6 Å². The third kappa shape index (κ3) is 6.56. The van der Waals surface area contributed by atoms with E-state index in [2.05, 4.69) is 13.0 Å². The van der Waals surface area contributed by atoms with Crippen molar-refractivity contribution < 1.29 is 9.47 Å². The topological polar surface area (TPSA) is 18.5 Å². The standard InChI is InChI=1S/C13H24O2/c1-2-3-4-5-6-8-11-14-13-10-7-9-12-15-13/h8,11,13H,2-7,9-10,12H2,1H3. The van der Waals surface area contributed by atoms with Crippen LogP contribution >= 0.6 is 0 Å². The van der Waals surface area contributed by atoms with Gasteiger partial charge in [0.15, 0.2) is 6.29 Å². The third-order valence-corrected chi connectivity index (χ3v) is 2.69. The van der Waals surface area contributed by atoms with Gasteiger partial charge in [0.05, 0.1) is 12.9 Å². The van der Waals surface area contributed by atoms with Gasteiger partial charge in [0, 0.05) is 6.42 Å². The summed E-state index contributed by atoms with van der Waals surface area (Å²) in [6, 6.07) is 0. The van der Waals surface area contributed by atoms with Gasteiger partial charge in [0.2, 0.25) is 0 Å². The van der Waals surface area contributed by atoms with Crippen LogP contribution in [0.4, 0.5) is 0 Å². The van der Waals surface area contributed by atoms with Gasteiger partial charge in [-0.05, 0) is 31.8 Å². The Morgan fingerprint density at radius 1 is 1.27 bits per heavy atom. The summed E-state index contributed by atoms with van der Waals surface area (Å²) in [6.07, 6.45) is 13.8. The van der Waals surface area contributed by atoms with Gasteiger partial charge in [-0.15, -0.1) is 0 Å². The molecule has 0 bridgehead atoms. The molecular formula is C13H24O2. The summed E-state index contributed by atoms with van der Waals surface area (Å²) in [7, 11) is 0. The zero-order valence-corrected chi connectivity index (χ0v) is 9.91. The lowest BCUT2D eigenvalue weighted by Gasteiger charge is -2.21. The molecule has 2 nitrogen and oxygen atoms in total. The second-order valence-electron chi connectivity index (χ2n) is 4.15. The normalized spacial score (nSPS) is 22.1. The maximum absolute atomic E-state index is 5.49. The van der Waals surface area contributed by atoms with E-state index < -0.39 is 0 Å². The quantitative estimate of drug-likeness (QED) is 0.469. The summed E-state index contributed by atoms with van der Waals surface area (Å²) < 4.78 is 10.9. The number of allylic oxidation sites excluding steroid dienone is 1. The Morgan fingerprint density at radius 3 is 2.93 bits per heavy atom. The summed E-state index contributed by atoms with van der Waals surface area (Å²) in [4.78, 5) is 0. The molecule has 1 fully saturated rings. The zero-order chi connectivity index (χ0) is 10.8. The summed E-state index contributed by atoms with van der Waals surface area (Å²) >= 11 is 0. The molecule has 0 aromatic heterocycles. The summed E-state index contributed by atoms with van der Waals surface area (Å²) in [5.74, 6) is 0. The molecule has 0 aromatic carbocycles. The zero-order valence-electron chi connectivity index (χ0n) is 9.91. The SMILES string of the molecule is CCCCCCC=COC1CCCCO1. The van der Waals surface area contributed by atoms with Crippen molar-refractivity contribution in [2.24, 2.45) is 0 Å². The average Bonchev–Trinajstić information content (AvgIpc) is 2.29. The first kappa shape index (κ1) is 12.6. The highest BCUT2D eigenvalue weighted by molar-refractivity contribution is 4.74. The fourth-order valence-corrected chi connectivity index (χ4v) is 1.72. The second kappa shape index (κ2) is 8.78. The number of ether oxygens (including phenoxy) is 2. The van der Waals surface area contributed by atoms with Gasteiger partial charge in [-0.3, -0.25) is 0 Å². The third-order valence-electron chi connectivity index (χ3n) is 2.69. The molecule has 0 spiro atoms. The highest BCUT2D eigenvalue weighted by Crippen LogP contribution is 2.14. The van der Waals surface area contributed by atoms with E-state index in [1.165, 1.54) is 38.5 Å². The van der Waals surface area contributed by atoms with Crippen LogP contribution in [-0.2, 0) is 9.47 Å². The molecule has 1 aliphatic rings. The van der Waals surface area contributed by atoms with Crippen molar-refractivity contribution in [3.63, 3.8) is 0 Å². The van der Waals surface area contributed by atoms with E-state index in [4.69, 9.17) is 9.47 Å². The molecule has 0 aliphatic carbocycles. The van der Waals surface area contributed by atoms with E-state index in [-0.39, 0.29) is 6.29 Å². The average molecular weight is 212 g/mol. The molecule has 1 atom stereocenters. The van der Waals surface area contributed by atoms with E-state index in [1.807, 2.05) is 6.26 Å². The van der Waals surface area contributed by atoms with Gasteiger partial charge >= 0.3 is 0 Å². The van der Waals surface area contributed by atoms with Gasteiger partial charge in [0.1, 0.15) is 0 Å². The van der Waals surface area contributed by atoms with Gasteiger partial charge in [-0.2, -0.15) is 0 Å². The lowest BCUT2D eigenvalue weighted by Crippen LogP contribution is -2.19. The Balaban J connectivity index is 1.91. The number of rotatable bonds is 7. The van der Waals surface area contributed by atoms with Gasteiger partial charge in [0.25, 0.3) is 0 Å². The first-order valence-electron chi connectivity index (χ1n) is 6.35. The van der Waals surface area contributed by atoms with Gasteiger partial charge in [-0.25, -0.2) is 0 Å². The summed E-state index contributed by atoms with van der Waals surface area (Å²) in [5.41, 5.74) is 0. The highest BCUT2D eigenvalue weighted by atomic mass is 16.7. The van der Waals surface area contributed by atoms with E-state index in [9.17, 15) is 0 Å². The largest absolute Gasteiger partial charge is 0.473 e. The minimum Gasteiger partial charge on any atom is -0.473 e. The van der Waals surface area contributed by atoms with Crippen LogP contribution in [-0.4, -0.2) is 12.9 Å². The van der Waals surface area contributed by atoms with Crippen LogP contribution in [0.1, 0.15) is 58.3 Å². The first-order chi connectivity index (χ1) is 7.43. The van der Waals surface area contributed by atoms with Gasteiger partial charge < -0.3 is 9.47 Å². The predicted molar refractivity (Wildman–Crippen MR) is 62.6 cm³/mol. The molecule has 15 heavy (non-hydrogen) atoms. The Bertz CT molecular complexity index is 160. The fourth-order valence-electron chi connectivity index (χ4n) is 1.72. The molecule has 88 valence electrons. The minimum atomic E-state index is 0.0191. The molecule has 1 heterocycles. The van der Waals surface area contributed by atoms with E-state index >= 15 is 0 Å². The number of hydrogen-bond donors (Lipinski definition) is 0. The molecule has 0 aromatic rings. The van der Waals surface area contributed by atoms with Crippen molar-refractivity contribution >= 4 is 0 Å². The summed E-state index contributed by atoms with van der Waals surface area (Å²) in [6.45, 7) is 3.09. The lowest BCUT2D eigenvalue weighted by atomic mass is 10.1. The molecule has 0 amide bonds.